The minimum absolute atomic E-state index is 0.0493. The first-order valence-corrected chi connectivity index (χ1v) is 6.13. The van der Waals surface area contributed by atoms with Crippen molar-refractivity contribution in [1.29, 1.82) is 0 Å². The van der Waals surface area contributed by atoms with Gasteiger partial charge in [-0.1, -0.05) is 0 Å². The van der Waals surface area contributed by atoms with Gasteiger partial charge in [-0.3, -0.25) is 4.79 Å². The van der Waals surface area contributed by atoms with E-state index in [-0.39, 0.29) is 11.8 Å². The highest BCUT2D eigenvalue weighted by atomic mass is 16.2. The van der Waals surface area contributed by atoms with Gasteiger partial charge in [0, 0.05) is 25.1 Å². The summed E-state index contributed by atoms with van der Waals surface area (Å²) in [5.41, 5.74) is 5.96. The number of nitrogens with one attached hydrogen (secondary N) is 1. The second-order valence-electron chi connectivity index (χ2n) is 5.59. The number of aromatic nitrogens is 2. The molecule has 96 valence electrons. The highest BCUT2D eigenvalue weighted by Crippen LogP contribution is 2.51. The Bertz CT molecular complexity index is 475. The first-order valence-electron chi connectivity index (χ1n) is 6.13. The van der Waals surface area contributed by atoms with Gasteiger partial charge in [0.25, 0.3) is 0 Å². The third-order valence-corrected chi connectivity index (χ3v) is 3.88. The van der Waals surface area contributed by atoms with Crippen LogP contribution >= 0.6 is 0 Å². The van der Waals surface area contributed by atoms with E-state index in [0.717, 1.165) is 25.9 Å². The van der Waals surface area contributed by atoms with Gasteiger partial charge < -0.3 is 16.0 Å². The number of anilines is 2. The van der Waals surface area contributed by atoms with E-state index in [9.17, 15) is 4.79 Å². The molecule has 0 radical (unpaired) electrons. The maximum atomic E-state index is 12.0. The van der Waals surface area contributed by atoms with Crippen molar-refractivity contribution in [3.05, 3.63) is 12.4 Å². The number of nitrogens with zero attached hydrogens (tertiary/aromatic N) is 3. The second kappa shape index (κ2) is 3.91. The number of rotatable bonds is 2. The van der Waals surface area contributed by atoms with Crippen LogP contribution in [0, 0.1) is 11.3 Å². The number of carbonyl (C=O) groups excluding carboxylic acids is 1. The zero-order valence-corrected chi connectivity index (χ0v) is 10.4. The standard InChI is InChI=1S/C12H17N5O/c1-17-5-12(6-17)3-8(4-12)11(18)16-10-2-9(13)14-7-15-10/h2,7-8H,3-6H2,1H3,(H3,13,14,15,16,18). The molecule has 1 saturated heterocycles. The average molecular weight is 247 g/mol. The molecule has 1 spiro atoms. The molecule has 1 aliphatic heterocycles. The minimum atomic E-state index is 0.0493. The van der Waals surface area contributed by atoms with Crippen molar-refractivity contribution in [2.45, 2.75) is 12.8 Å². The van der Waals surface area contributed by atoms with Crippen LogP contribution in [0.3, 0.4) is 0 Å². The number of nitrogens with two attached hydrogens (primary N) is 1. The van der Waals surface area contributed by atoms with E-state index < -0.39 is 0 Å². The van der Waals surface area contributed by atoms with Gasteiger partial charge >= 0.3 is 0 Å². The third kappa shape index (κ3) is 1.92. The Hall–Kier alpha value is -1.69. The van der Waals surface area contributed by atoms with Crippen LogP contribution in [0.4, 0.5) is 11.6 Å². The molecule has 3 rings (SSSR count). The van der Waals surface area contributed by atoms with Gasteiger partial charge in [-0.2, -0.15) is 0 Å². The van der Waals surface area contributed by atoms with Crippen LogP contribution in [0.2, 0.25) is 0 Å². The highest BCUT2D eigenvalue weighted by molar-refractivity contribution is 5.92. The van der Waals surface area contributed by atoms with E-state index >= 15 is 0 Å². The first kappa shape index (κ1) is 11.4. The Labute approximate surface area is 106 Å². The lowest BCUT2D eigenvalue weighted by atomic mass is 9.57. The molecule has 3 N–H and O–H groups in total. The molecule has 0 aromatic carbocycles. The zero-order chi connectivity index (χ0) is 12.8. The summed E-state index contributed by atoms with van der Waals surface area (Å²) in [6, 6.07) is 1.57. The Morgan fingerprint density at radius 2 is 2.22 bits per heavy atom. The molecule has 2 aliphatic rings. The molecular weight excluding hydrogens is 230 g/mol. The smallest absolute Gasteiger partial charge is 0.228 e. The first-order chi connectivity index (χ1) is 8.56. The molecule has 1 aromatic heterocycles. The van der Waals surface area contributed by atoms with Crippen LogP contribution < -0.4 is 11.1 Å². The largest absolute Gasteiger partial charge is 0.384 e. The van der Waals surface area contributed by atoms with E-state index in [0.29, 0.717) is 17.1 Å². The number of carbonyl (C=O) groups is 1. The molecule has 0 atom stereocenters. The van der Waals surface area contributed by atoms with Gasteiger partial charge in [0.05, 0.1) is 0 Å². The summed E-state index contributed by atoms with van der Waals surface area (Å²) in [5, 5.41) is 2.80. The van der Waals surface area contributed by atoms with Crippen molar-refractivity contribution in [3.8, 4) is 0 Å². The van der Waals surface area contributed by atoms with Crippen LogP contribution in [0.1, 0.15) is 12.8 Å². The van der Waals surface area contributed by atoms with E-state index in [1.807, 2.05) is 0 Å². The van der Waals surface area contributed by atoms with Crippen LogP contribution in [0.25, 0.3) is 0 Å². The average Bonchev–Trinajstić information content (AvgIpc) is 2.21. The summed E-state index contributed by atoms with van der Waals surface area (Å²) >= 11 is 0. The van der Waals surface area contributed by atoms with Gasteiger partial charge in [-0.05, 0) is 25.3 Å². The fraction of sp³-hybridized carbons (Fsp3) is 0.583. The van der Waals surface area contributed by atoms with Crippen molar-refractivity contribution in [3.63, 3.8) is 0 Å². The molecule has 1 aromatic rings. The number of likely N-dealkylation sites (tertiary alicyclic amines) is 1. The second-order valence-corrected chi connectivity index (χ2v) is 5.59. The molecule has 18 heavy (non-hydrogen) atoms. The summed E-state index contributed by atoms with van der Waals surface area (Å²) in [6.45, 7) is 2.24. The summed E-state index contributed by atoms with van der Waals surface area (Å²) in [7, 11) is 2.11. The van der Waals surface area contributed by atoms with Crippen LogP contribution in [0.15, 0.2) is 12.4 Å². The molecule has 0 bridgehead atoms. The number of amides is 1. The zero-order valence-electron chi connectivity index (χ0n) is 10.4. The quantitative estimate of drug-likeness (QED) is 0.787. The molecule has 2 fully saturated rings. The summed E-state index contributed by atoms with van der Waals surface area (Å²) in [6.07, 6.45) is 3.33. The molecule has 6 nitrogen and oxygen atoms in total. The van der Waals surface area contributed by atoms with Crippen molar-refractivity contribution in [1.82, 2.24) is 14.9 Å². The van der Waals surface area contributed by atoms with Gasteiger partial charge in [-0.15, -0.1) is 0 Å². The minimum Gasteiger partial charge on any atom is -0.384 e. The van der Waals surface area contributed by atoms with Crippen molar-refractivity contribution >= 4 is 17.5 Å². The predicted molar refractivity (Wildman–Crippen MR) is 67.7 cm³/mol. The Balaban J connectivity index is 1.54. The molecule has 6 heteroatoms. The molecule has 0 unspecified atom stereocenters. The maximum absolute atomic E-state index is 12.0. The molecule has 2 heterocycles. The topological polar surface area (TPSA) is 84.1 Å². The Morgan fingerprint density at radius 1 is 1.50 bits per heavy atom. The maximum Gasteiger partial charge on any atom is 0.228 e. The van der Waals surface area contributed by atoms with Crippen molar-refractivity contribution in [2.24, 2.45) is 11.3 Å². The lowest BCUT2D eigenvalue weighted by molar-refractivity contribution is -0.137. The number of nitrogen functional groups attached to an aromatic ring is 1. The van der Waals surface area contributed by atoms with Gasteiger partial charge in [0.2, 0.25) is 5.91 Å². The van der Waals surface area contributed by atoms with Crippen LogP contribution in [-0.4, -0.2) is 40.9 Å². The molecule has 1 amide bonds. The van der Waals surface area contributed by atoms with E-state index in [2.05, 4.69) is 27.2 Å². The lowest BCUT2D eigenvalue weighted by Gasteiger charge is -2.57. The van der Waals surface area contributed by atoms with E-state index in [1.165, 1.54) is 6.33 Å². The summed E-state index contributed by atoms with van der Waals surface area (Å²) in [5.74, 6) is 1.02. The van der Waals surface area contributed by atoms with Gasteiger partial charge in [-0.25, -0.2) is 9.97 Å². The normalized spacial score (nSPS) is 22.3. The lowest BCUT2D eigenvalue weighted by Crippen LogP contribution is -2.62. The van der Waals surface area contributed by atoms with E-state index in [1.54, 1.807) is 6.07 Å². The number of hydrogen-bond acceptors (Lipinski definition) is 5. The molecular formula is C12H17N5O. The van der Waals surface area contributed by atoms with Gasteiger partial charge in [0.1, 0.15) is 18.0 Å². The highest BCUT2D eigenvalue weighted by Gasteiger charge is 2.53. The Kier molecular flexibility index (Phi) is 2.48. The van der Waals surface area contributed by atoms with Crippen LogP contribution in [0.5, 0.6) is 0 Å². The monoisotopic (exact) mass is 247 g/mol. The summed E-state index contributed by atoms with van der Waals surface area (Å²) < 4.78 is 0. The van der Waals surface area contributed by atoms with E-state index in [4.69, 9.17) is 5.73 Å². The fourth-order valence-corrected chi connectivity index (χ4v) is 3.20. The van der Waals surface area contributed by atoms with Crippen molar-refractivity contribution < 1.29 is 4.79 Å². The predicted octanol–water partition coefficient (Wildman–Crippen LogP) is 0.339. The fourth-order valence-electron chi connectivity index (χ4n) is 3.20. The molecule has 1 aliphatic carbocycles. The van der Waals surface area contributed by atoms with Crippen LogP contribution in [-0.2, 0) is 4.79 Å². The number of hydrogen-bond donors (Lipinski definition) is 2. The Morgan fingerprint density at radius 3 is 2.83 bits per heavy atom. The van der Waals surface area contributed by atoms with Gasteiger partial charge in [0.15, 0.2) is 0 Å². The van der Waals surface area contributed by atoms with Crippen molar-refractivity contribution in [2.75, 3.05) is 31.2 Å². The molecule has 1 saturated carbocycles. The summed E-state index contributed by atoms with van der Waals surface area (Å²) in [4.78, 5) is 22.0. The third-order valence-electron chi connectivity index (χ3n) is 3.88. The SMILES string of the molecule is CN1CC2(CC(C(=O)Nc3cc(N)ncn3)C2)C1.